The van der Waals surface area contributed by atoms with E-state index in [1.54, 1.807) is 10.8 Å². The second kappa shape index (κ2) is 6.62. The fourth-order valence-electron chi connectivity index (χ4n) is 2.77. The van der Waals surface area contributed by atoms with Gasteiger partial charge in [-0.2, -0.15) is 0 Å². The maximum atomic E-state index is 12.1. The van der Waals surface area contributed by atoms with Crippen LogP contribution in [0.2, 0.25) is 0 Å². The Morgan fingerprint density at radius 3 is 3.09 bits per heavy atom. The molecule has 1 saturated heterocycles. The Kier molecular flexibility index (Phi) is 4.59. The van der Waals surface area contributed by atoms with Gasteiger partial charge in [-0.05, 0) is 31.0 Å². The summed E-state index contributed by atoms with van der Waals surface area (Å²) in [7, 11) is 0. The average Bonchev–Trinajstić information content (AvgIpc) is 3.13. The molecule has 2 aromatic rings. The molecule has 5 nitrogen and oxygen atoms in total. The third kappa shape index (κ3) is 3.23. The zero-order valence-electron chi connectivity index (χ0n) is 12.0. The molecule has 0 aliphatic carbocycles. The summed E-state index contributed by atoms with van der Waals surface area (Å²) in [5.74, 6) is -0.0761. The third-order valence-electron chi connectivity index (χ3n) is 3.87. The number of carbonyl (C=O) groups excluding carboxylic acids is 2. The molecule has 1 fully saturated rings. The van der Waals surface area contributed by atoms with Gasteiger partial charge in [0.1, 0.15) is 6.54 Å². The zero-order chi connectivity index (χ0) is 15.5. The van der Waals surface area contributed by atoms with Crippen molar-refractivity contribution < 1.29 is 14.3 Å². The number of amides is 1. The summed E-state index contributed by atoms with van der Waals surface area (Å²) in [4.78, 5) is 23.3. The lowest BCUT2D eigenvalue weighted by Gasteiger charge is -2.11. The average molecular weight is 365 g/mol. The molecule has 3 rings (SSSR count). The number of halogens is 1. The van der Waals surface area contributed by atoms with E-state index in [9.17, 15) is 9.59 Å². The van der Waals surface area contributed by atoms with Crippen LogP contribution in [-0.4, -0.2) is 36.0 Å². The van der Waals surface area contributed by atoms with Crippen molar-refractivity contribution in [2.45, 2.75) is 25.5 Å². The highest BCUT2D eigenvalue weighted by molar-refractivity contribution is 9.10. The minimum absolute atomic E-state index is 0.0761. The van der Waals surface area contributed by atoms with Crippen LogP contribution in [-0.2, 0) is 16.1 Å². The van der Waals surface area contributed by atoms with Crippen molar-refractivity contribution in [3.05, 3.63) is 34.4 Å². The molecular weight excluding hydrogens is 348 g/mol. The maximum Gasteiger partial charge on any atom is 0.240 e. The molecule has 116 valence electrons. The van der Waals surface area contributed by atoms with Crippen molar-refractivity contribution in [3.63, 3.8) is 0 Å². The van der Waals surface area contributed by atoms with Gasteiger partial charge < -0.3 is 14.6 Å². The second-order valence-corrected chi connectivity index (χ2v) is 6.35. The van der Waals surface area contributed by atoms with E-state index in [4.69, 9.17) is 4.74 Å². The minimum atomic E-state index is -0.0761. The summed E-state index contributed by atoms with van der Waals surface area (Å²) in [6.07, 6.45) is 4.72. The number of aldehydes is 1. The van der Waals surface area contributed by atoms with Crippen LogP contribution in [0.3, 0.4) is 0 Å². The smallest absolute Gasteiger partial charge is 0.240 e. The fraction of sp³-hybridized carbons (Fsp3) is 0.375. The first-order valence-corrected chi connectivity index (χ1v) is 8.08. The van der Waals surface area contributed by atoms with Crippen molar-refractivity contribution in [1.82, 2.24) is 9.88 Å². The molecule has 1 aliphatic heterocycles. The highest BCUT2D eigenvalue weighted by Crippen LogP contribution is 2.24. The summed E-state index contributed by atoms with van der Waals surface area (Å²) in [6, 6.07) is 5.69. The molecule has 1 aromatic heterocycles. The first-order chi connectivity index (χ1) is 10.7. The first kappa shape index (κ1) is 15.2. The van der Waals surface area contributed by atoms with Crippen LogP contribution in [0, 0.1) is 0 Å². The van der Waals surface area contributed by atoms with Crippen LogP contribution in [0.1, 0.15) is 23.2 Å². The number of aromatic nitrogens is 1. The Hall–Kier alpha value is -1.66. The van der Waals surface area contributed by atoms with Crippen molar-refractivity contribution >= 4 is 39.0 Å². The maximum absolute atomic E-state index is 12.1. The van der Waals surface area contributed by atoms with Crippen molar-refractivity contribution in [1.29, 1.82) is 0 Å². The van der Waals surface area contributed by atoms with E-state index in [0.717, 1.165) is 41.1 Å². The van der Waals surface area contributed by atoms with Gasteiger partial charge in [0, 0.05) is 40.3 Å². The van der Waals surface area contributed by atoms with Gasteiger partial charge in [0.05, 0.1) is 6.10 Å². The van der Waals surface area contributed by atoms with Gasteiger partial charge in [0.2, 0.25) is 5.91 Å². The number of benzene rings is 1. The number of fused-ring (bicyclic) bond motifs is 1. The van der Waals surface area contributed by atoms with Crippen molar-refractivity contribution in [2.75, 3.05) is 13.2 Å². The Morgan fingerprint density at radius 2 is 2.36 bits per heavy atom. The minimum Gasteiger partial charge on any atom is -0.376 e. The summed E-state index contributed by atoms with van der Waals surface area (Å²) < 4.78 is 8.19. The molecule has 2 heterocycles. The molecule has 0 radical (unpaired) electrons. The fourth-order valence-corrected chi connectivity index (χ4v) is 3.13. The summed E-state index contributed by atoms with van der Waals surface area (Å²) in [5, 5.41) is 3.74. The number of ether oxygens (including phenoxy) is 1. The Bertz CT molecular complexity index is 705. The standard InChI is InChI=1S/C16H17BrN2O3/c17-12-3-4-15-14(6-12)11(10-20)8-19(15)9-16(21)18-7-13-2-1-5-22-13/h3-4,6,8,10,13H,1-2,5,7,9H2,(H,18,21)/t13-/m1/s1. The SMILES string of the molecule is O=Cc1cn(CC(=O)NC[C@H]2CCCO2)c2ccc(Br)cc12. The van der Waals surface area contributed by atoms with E-state index in [1.165, 1.54) is 0 Å². The van der Waals surface area contributed by atoms with E-state index in [0.29, 0.717) is 12.1 Å². The number of nitrogens with zero attached hydrogens (tertiary/aromatic N) is 1. The number of carbonyl (C=O) groups is 2. The normalized spacial score (nSPS) is 17.8. The zero-order valence-corrected chi connectivity index (χ0v) is 13.6. The number of rotatable bonds is 5. The molecule has 1 aliphatic rings. The van der Waals surface area contributed by atoms with Gasteiger partial charge in [-0.3, -0.25) is 9.59 Å². The molecule has 6 heteroatoms. The number of hydrogen-bond acceptors (Lipinski definition) is 3. The quantitative estimate of drug-likeness (QED) is 0.829. The predicted molar refractivity (Wildman–Crippen MR) is 87.0 cm³/mol. The van der Waals surface area contributed by atoms with Crippen LogP contribution in [0.15, 0.2) is 28.9 Å². The highest BCUT2D eigenvalue weighted by Gasteiger charge is 2.17. The molecule has 0 unspecified atom stereocenters. The summed E-state index contributed by atoms with van der Waals surface area (Å²) in [6.45, 7) is 1.52. The Labute approximate surface area is 136 Å². The monoisotopic (exact) mass is 364 g/mol. The molecule has 1 amide bonds. The van der Waals surface area contributed by atoms with Gasteiger partial charge in [0.25, 0.3) is 0 Å². The van der Waals surface area contributed by atoms with Crippen molar-refractivity contribution in [3.8, 4) is 0 Å². The van der Waals surface area contributed by atoms with Crippen LogP contribution in [0.5, 0.6) is 0 Å². The largest absolute Gasteiger partial charge is 0.376 e. The van der Waals surface area contributed by atoms with Gasteiger partial charge in [-0.25, -0.2) is 0 Å². The van der Waals surface area contributed by atoms with Crippen molar-refractivity contribution in [2.24, 2.45) is 0 Å². The molecule has 1 N–H and O–H groups in total. The van der Waals surface area contributed by atoms with Crippen LogP contribution < -0.4 is 5.32 Å². The highest BCUT2D eigenvalue weighted by atomic mass is 79.9. The van der Waals surface area contributed by atoms with Gasteiger partial charge in [-0.15, -0.1) is 0 Å². The number of hydrogen-bond donors (Lipinski definition) is 1. The van der Waals surface area contributed by atoms with E-state index in [2.05, 4.69) is 21.2 Å². The van der Waals surface area contributed by atoms with Crippen LogP contribution in [0.4, 0.5) is 0 Å². The van der Waals surface area contributed by atoms with E-state index < -0.39 is 0 Å². The summed E-state index contributed by atoms with van der Waals surface area (Å²) in [5.41, 5.74) is 1.46. The van der Waals surface area contributed by atoms with Gasteiger partial charge >= 0.3 is 0 Å². The second-order valence-electron chi connectivity index (χ2n) is 5.43. The van der Waals surface area contributed by atoms with Gasteiger partial charge in [-0.1, -0.05) is 15.9 Å². The first-order valence-electron chi connectivity index (χ1n) is 7.29. The number of nitrogens with one attached hydrogen (secondary N) is 1. The van der Waals surface area contributed by atoms with Crippen LogP contribution >= 0.6 is 15.9 Å². The van der Waals surface area contributed by atoms with Crippen LogP contribution in [0.25, 0.3) is 10.9 Å². The third-order valence-corrected chi connectivity index (χ3v) is 4.36. The molecule has 0 saturated carbocycles. The molecule has 0 spiro atoms. The summed E-state index contributed by atoms with van der Waals surface area (Å²) >= 11 is 3.40. The van der Waals surface area contributed by atoms with E-state index in [-0.39, 0.29) is 18.6 Å². The lowest BCUT2D eigenvalue weighted by atomic mass is 10.2. The lowest BCUT2D eigenvalue weighted by molar-refractivity contribution is -0.122. The molecule has 1 aromatic carbocycles. The lowest BCUT2D eigenvalue weighted by Crippen LogP contribution is -2.34. The Morgan fingerprint density at radius 1 is 1.50 bits per heavy atom. The molecule has 0 bridgehead atoms. The Balaban J connectivity index is 1.72. The molecular formula is C16H17BrN2O3. The molecule has 22 heavy (non-hydrogen) atoms. The molecule has 1 atom stereocenters. The topological polar surface area (TPSA) is 60.3 Å². The van der Waals surface area contributed by atoms with E-state index in [1.807, 2.05) is 18.2 Å². The van der Waals surface area contributed by atoms with Gasteiger partial charge in [0.15, 0.2) is 6.29 Å². The van der Waals surface area contributed by atoms with E-state index >= 15 is 0 Å². The predicted octanol–water partition coefficient (Wildman–Crippen LogP) is 2.51.